The Balaban J connectivity index is 1.88. The van der Waals surface area contributed by atoms with Crippen molar-refractivity contribution in [3.8, 4) is 0 Å². The van der Waals surface area contributed by atoms with Gasteiger partial charge in [0.15, 0.2) is 0 Å². The Morgan fingerprint density at radius 2 is 1.81 bits per heavy atom. The van der Waals surface area contributed by atoms with Crippen LogP contribution in [0.5, 0.6) is 0 Å². The largest absolute Gasteiger partial charge is 0.360 e. The number of hydrogen-bond donors (Lipinski definition) is 2. The van der Waals surface area contributed by atoms with E-state index in [9.17, 15) is 20.2 Å². The van der Waals surface area contributed by atoms with Gasteiger partial charge in [0.25, 0.3) is 5.69 Å². The van der Waals surface area contributed by atoms with Crippen molar-refractivity contribution in [1.29, 1.82) is 0 Å². The number of rotatable bonds is 7. The van der Waals surface area contributed by atoms with Crippen LogP contribution < -0.4 is 10.6 Å². The molecule has 0 aliphatic carbocycles. The third-order valence-corrected chi connectivity index (χ3v) is 3.51. The quantitative estimate of drug-likeness (QED) is 0.474. The summed E-state index contributed by atoms with van der Waals surface area (Å²) >= 11 is 0. The fourth-order valence-corrected chi connectivity index (χ4v) is 2.29. The van der Waals surface area contributed by atoms with E-state index < -0.39 is 9.85 Å². The van der Waals surface area contributed by atoms with Crippen molar-refractivity contribution in [1.82, 2.24) is 15.0 Å². The molecule has 3 rings (SSSR count). The maximum absolute atomic E-state index is 11.5. The molecule has 0 saturated heterocycles. The molecular formula is C16H13N7O4. The Labute approximate surface area is 152 Å². The first-order chi connectivity index (χ1) is 13.0. The lowest BCUT2D eigenvalue weighted by Crippen LogP contribution is -2.08. The molecule has 0 unspecified atom stereocenters. The van der Waals surface area contributed by atoms with Crippen LogP contribution in [0.1, 0.15) is 5.56 Å². The van der Waals surface area contributed by atoms with E-state index in [2.05, 4.69) is 25.6 Å². The topological polar surface area (TPSA) is 149 Å². The highest BCUT2D eigenvalue weighted by atomic mass is 16.6. The van der Waals surface area contributed by atoms with Crippen LogP contribution in [0.4, 0.5) is 28.7 Å². The van der Waals surface area contributed by atoms with Crippen LogP contribution in [-0.2, 0) is 6.54 Å². The summed E-state index contributed by atoms with van der Waals surface area (Å²) in [4.78, 5) is 33.1. The van der Waals surface area contributed by atoms with Crippen molar-refractivity contribution in [2.45, 2.75) is 6.54 Å². The molecule has 0 aliphatic heterocycles. The number of hydrogen-bond acceptors (Lipinski definition) is 9. The molecule has 0 saturated carbocycles. The first-order valence-electron chi connectivity index (χ1n) is 7.68. The maximum atomic E-state index is 11.5. The molecule has 1 aromatic carbocycles. The first-order valence-corrected chi connectivity index (χ1v) is 7.68. The number of nitro groups is 2. The minimum atomic E-state index is -0.620. The Morgan fingerprint density at radius 1 is 1.00 bits per heavy atom. The minimum Gasteiger partial charge on any atom is -0.360 e. The fraction of sp³-hybridized carbons (Fsp3) is 0.0625. The van der Waals surface area contributed by atoms with Crippen LogP contribution in [0.3, 0.4) is 0 Å². The van der Waals surface area contributed by atoms with Gasteiger partial charge in [-0.05, 0) is 17.7 Å². The number of benzene rings is 1. The standard InChI is InChI=1S/C16H13N7O4/c24-22(25)13-5-1-4-12(7-13)21-16-14(23(26)27)15(19-10-20-16)18-9-11-3-2-6-17-8-11/h1-8,10H,9H2,(H2,18,19,20,21). The number of non-ortho nitro benzene ring substituents is 1. The molecule has 0 aliphatic rings. The average Bonchev–Trinajstić information content (AvgIpc) is 2.67. The van der Waals surface area contributed by atoms with Crippen molar-refractivity contribution in [3.05, 3.63) is 80.9 Å². The van der Waals surface area contributed by atoms with Crippen LogP contribution >= 0.6 is 0 Å². The highest BCUT2D eigenvalue weighted by Gasteiger charge is 2.23. The smallest absolute Gasteiger partial charge is 0.353 e. The van der Waals surface area contributed by atoms with E-state index in [1.807, 2.05) is 6.07 Å². The van der Waals surface area contributed by atoms with E-state index >= 15 is 0 Å². The van der Waals surface area contributed by atoms with Crippen LogP contribution in [0.25, 0.3) is 0 Å². The van der Waals surface area contributed by atoms with Gasteiger partial charge in [0.1, 0.15) is 6.33 Å². The summed E-state index contributed by atoms with van der Waals surface area (Å²) in [6.45, 7) is 0.280. The number of nitro benzene ring substituents is 1. The molecule has 0 spiro atoms. The number of nitrogens with zero attached hydrogens (tertiary/aromatic N) is 5. The van der Waals surface area contributed by atoms with E-state index in [0.29, 0.717) is 5.69 Å². The highest BCUT2D eigenvalue weighted by molar-refractivity contribution is 5.74. The molecule has 3 aromatic rings. The average molecular weight is 367 g/mol. The van der Waals surface area contributed by atoms with Crippen molar-refractivity contribution in [3.63, 3.8) is 0 Å². The van der Waals surface area contributed by atoms with Gasteiger partial charge >= 0.3 is 5.69 Å². The molecule has 27 heavy (non-hydrogen) atoms. The van der Waals surface area contributed by atoms with Gasteiger partial charge in [0.2, 0.25) is 11.6 Å². The number of anilines is 3. The molecule has 0 fully saturated rings. The molecule has 11 heteroatoms. The zero-order valence-corrected chi connectivity index (χ0v) is 13.8. The number of aromatic nitrogens is 3. The Morgan fingerprint density at radius 3 is 2.52 bits per heavy atom. The highest BCUT2D eigenvalue weighted by Crippen LogP contribution is 2.32. The van der Waals surface area contributed by atoms with Gasteiger partial charge in [0.05, 0.1) is 9.85 Å². The lowest BCUT2D eigenvalue weighted by atomic mass is 10.2. The molecule has 0 amide bonds. The molecule has 2 aromatic heterocycles. The molecule has 0 bridgehead atoms. The summed E-state index contributed by atoms with van der Waals surface area (Å²) in [5.74, 6) is -0.0593. The summed E-state index contributed by atoms with van der Waals surface area (Å²) in [7, 11) is 0. The fourth-order valence-electron chi connectivity index (χ4n) is 2.29. The summed E-state index contributed by atoms with van der Waals surface area (Å²) in [5.41, 5.74) is 0.599. The van der Waals surface area contributed by atoms with E-state index in [-0.39, 0.29) is 29.6 Å². The zero-order chi connectivity index (χ0) is 19.2. The second-order valence-electron chi connectivity index (χ2n) is 5.32. The van der Waals surface area contributed by atoms with Crippen molar-refractivity contribution >= 4 is 28.7 Å². The molecule has 0 atom stereocenters. The second-order valence-corrected chi connectivity index (χ2v) is 5.32. The molecule has 0 radical (unpaired) electrons. The number of nitrogens with one attached hydrogen (secondary N) is 2. The maximum Gasteiger partial charge on any atom is 0.353 e. The zero-order valence-electron chi connectivity index (χ0n) is 13.8. The first kappa shape index (κ1) is 17.7. The molecule has 136 valence electrons. The summed E-state index contributed by atoms with van der Waals surface area (Å²) in [5, 5.41) is 28.1. The van der Waals surface area contributed by atoms with E-state index in [1.165, 1.54) is 18.2 Å². The lowest BCUT2D eigenvalue weighted by molar-refractivity contribution is -0.384. The summed E-state index contributed by atoms with van der Waals surface area (Å²) in [6.07, 6.45) is 4.41. The van der Waals surface area contributed by atoms with Crippen LogP contribution in [0, 0.1) is 20.2 Å². The molecule has 2 heterocycles. The predicted octanol–water partition coefficient (Wildman–Crippen LogP) is 3.04. The van der Waals surface area contributed by atoms with Crippen LogP contribution in [0.2, 0.25) is 0 Å². The van der Waals surface area contributed by atoms with Crippen LogP contribution in [-0.4, -0.2) is 24.8 Å². The van der Waals surface area contributed by atoms with Gasteiger partial charge in [0, 0.05) is 36.8 Å². The SMILES string of the molecule is O=[N+]([O-])c1cccc(Nc2ncnc(NCc3cccnc3)c2[N+](=O)[O-])c1. The van der Waals surface area contributed by atoms with E-state index in [4.69, 9.17) is 0 Å². The van der Waals surface area contributed by atoms with Gasteiger partial charge in [-0.25, -0.2) is 9.97 Å². The van der Waals surface area contributed by atoms with Gasteiger partial charge in [-0.1, -0.05) is 12.1 Å². The monoisotopic (exact) mass is 367 g/mol. The van der Waals surface area contributed by atoms with Crippen molar-refractivity contribution in [2.75, 3.05) is 10.6 Å². The molecular weight excluding hydrogens is 354 g/mol. The van der Waals surface area contributed by atoms with E-state index in [1.54, 1.807) is 24.5 Å². The second kappa shape index (κ2) is 7.82. The van der Waals surface area contributed by atoms with Crippen molar-refractivity contribution in [2.24, 2.45) is 0 Å². The summed E-state index contributed by atoms with van der Waals surface area (Å²) in [6, 6.07) is 9.15. The molecule has 11 nitrogen and oxygen atoms in total. The molecule has 2 N–H and O–H groups in total. The Hall–Kier alpha value is -4.15. The summed E-state index contributed by atoms with van der Waals surface area (Å²) < 4.78 is 0. The Bertz CT molecular complexity index is 982. The predicted molar refractivity (Wildman–Crippen MR) is 96.6 cm³/mol. The van der Waals surface area contributed by atoms with Crippen molar-refractivity contribution < 1.29 is 9.85 Å². The van der Waals surface area contributed by atoms with Gasteiger partial charge in [-0.3, -0.25) is 25.2 Å². The minimum absolute atomic E-state index is 0.0202. The normalized spacial score (nSPS) is 10.2. The third-order valence-electron chi connectivity index (χ3n) is 3.51. The van der Waals surface area contributed by atoms with Gasteiger partial charge in [-0.15, -0.1) is 0 Å². The van der Waals surface area contributed by atoms with Gasteiger partial charge in [-0.2, -0.15) is 0 Å². The van der Waals surface area contributed by atoms with E-state index in [0.717, 1.165) is 11.9 Å². The third kappa shape index (κ3) is 4.28. The lowest BCUT2D eigenvalue weighted by Gasteiger charge is -2.10. The Kier molecular flexibility index (Phi) is 5.12. The van der Waals surface area contributed by atoms with Gasteiger partial charge < -0.3 is 10.6 Å². The van der Waals surface area contributed by atoms with Crippen LogP contribution in [0.15, 0.2) is 55.1 Å². The number of pyridine rings is 1.